The normalized spacial score (nSPS) is 13.2. The van der Waals surface area contributed by atoms with Gasteiger partial charge in [-0.3, -0.25) is 4.79 Å². The Morgan fingerprint density at radius 2 is 1.83 bits per heavy atom. The van der Waals surface area contributed by atoms with Gasteiger partial charge in [0, 0.05) is 32.6 Å². The summed E-state index contributed by atoms with van der Waals surface area (Å²) >= 11 is 0. The summed E-state index contributed by atoms with van der Waals surface area (Å²) in [6.07, 6.45) is 0.575. The molecule has 0 aliphatic rings. The van der Waals surface area contributed by atoms with E-state index in [4.69, 9.17) is 0 Å². The average Bonchev–Trinajstić information content (AvgIpc) is 1.84. The van der Waals surface area contributed by atoms with Crippen molar-refractivity contribution in [2.24, 2.45) is 0 Å². The van der Waals surface area contributed by atoms with E-state index in [1.807, 2.05) is 6.92 Å². The number of hydrogen-bond acceptors (Lipinski definition) is 2. The van der Waals surface area contributed by atoms with Crippen molar-refractivity contribution in [3.05, 3.63) is 0 Å². The lowest BCUT2D eigenvalue weighted by Crippen LogP contribution is -2.36. The van der Waals surface area contributed by atoms with Gasteiger partial charge in [-0.1, -0.05) is 13.8 Å². The summed E-state index contributed by atoms with van der Waals surface area (Å²) in [5.41, 5.74) is 0. The van der Waals surface area contributed by atoms with Crippen LogP contribution in [0.3, 0.4) is 0 Å². The molecule has 0 aliphatic heterocycles. The summed E-state index contributed by atoms with van der Waals surface area (Å²) in [7, 11) is 3.56. The zero-order chi connectivity index (χ0) is 9.72. The predicted octanol–water partition coefficient (Wildman–Crippen LogP) is 0.851. The van der Waals surface area contributed by atoms with Crippen molar-refractivity contribution in [1.29, 1.82) is 0 Å². The summed E-state index contributed by atoms with van der Waals surface area (Å²) in [6, 6.07) is 0.704. The van der Waals surface area contributed by atoms with E-state index < -0.39 is 0 Å². The molecule has 1 atom stereocenters. The first-order valence-electron chi connectivity index (χ1n) is 4.39. The highest BCUT2D eigenvalue weighted by molar-refractivity contribution is 5.76. The van der Waals surface area contributed by atoms with E-state index in [9.17, 15) is 4.79 Å². The minimum Gasteiger partial charge on any atom is -0.349 e. The van der Waals surface area contributed by atoms with Gasteiger partial charge in [-0.05, 0) is 6.92 Å². The van der Waals surface area contributed by atoms with E-state index in [1.54, 1.807) is 19.0 Å². The lowest BCUT2D eigenvalue weighted by molar-refractivity contribution is -0.129. The highest BCUT2D eigenvalue weighted by Gasteiger charge is 2.10. The topological polar surface area (TPSA) is 32.3 Å². The number of nitrogens with one attached hydrogen (secondary N) is 1. The standard InChI is InChI=1S/C9H20N2O/c1-7(2)10-8(3)6-9(12)11(4)5/h7-8,10H,6H2,1-5H3/t8-/m1/s1. The molecule has 0 heterocycles. The largest absolute Gasteiger partial charge is 0.349 e. The lowest BCUT2D eigenvalue weighted by atomic mass is 10.2. The second-order valence-electron chi connectivity index (χ2n) is 3.71. The fourth-order valence-electron chi connectivity index (χ4n) is 1.07. The molecule has 0 saturated heterocycles. The molecule has 3 heteroatoms. The molecule has 0 fully saturated rings. The molecule has 0 unspecified atom stereocenters. The Balaban J connectivity index is 3.69. The van der Waals surface area contributed by atoms with E-state index in [0.717, 1.165) is 0 Å². The Kier molecular flexibility index (Phi) is 4.90. The van der Waals surface area contributed by atoms with Gasteiger partial charge in [0.05, 0.1) is 0 Å². The van der Waals surface area contributed by atoms with Gasteiger partial charge in [-0.25, -0.2) is 0 Å². The first kappa shape index (κ1) is 11.4. The maximum Gasteiger partial charge on any atom is 0.223 e. The van der Waals surface area contributed by atoms with Crippen molar-refractivity contribution in [2.75, 3.05) is 14.1 Å². The molecule has 3 nitrogen and oxygen atoms in total. The third-order valence-corrected chi connectivity index (χ3v) is 1.60. The van der Waals surface area contributed by atoms with E-state index >= 15 is 0 Å². The molecule has 0 rings (SSSR count). The summed E-state index contributed by atoms with van der Waals surface area (Å²) in [6.45, 7) is 6.19. The van der Waals surface area contributed by atoms with Gasteiger partial charge in [0.25, 0.3) is 0 Å². The maximum atomic E-state index is 11.2. The third kappa shape index (κ3) is 5.13. The van der Waals surface area contributed by atoms with Gasteiger partial charge < -0.3 is 10.2 Å². The number of carbonyl (C=O) groups is 1. The van der Waals surface area contributed by atoms with Crippen LogP contribution < -0.4 is 5.32 Å². The van der Waals surface area contributed by atoms with Crippen molar-refractivity contribution >= 4 is 5.91 Å². The minimum absolute atomic E-state index is 0.177. The van der Waals surface area contributed by atoms with Crippen LogP contribution in [0.2, 0.25) is 0 Å². The quantitative estimate of drug-likeness (QED) is 0.682. The van der Waals surface area contributed by atoms with Gasteiger partial charge in [0.2, 0.25) is 5.91 Å². The van der Waals surface area contributed by atoms with Gasteiger partial charge in [-0.15, -0.1) is 0 Å². The minimum atomic E-state index is 0.177. The Morgan fingerprint density at radius 3 is 2.17 bits per heavy atom. The first-order chi connectivity index (χ1) is 5.43. The van der Waals surface area contributed by atoms with Crippen LogP contribution in [0.4, 0.5) is 0 Å². The number of amides is 1. The molecule has 0 aromatic carbocycles. The Labute approximate surface area is 75.1 Å². The highest BCUT2D eigenvalue weighted by Crippen LogP contribution is 1.95. The molecule has 0 spiro atoms. The summed E-state index contributed by atoms with van der Waals surface area (Å²) in [4.78, 5) is 12.8. The van der Waals surface area contributed by atoms with Crippen LogP contribution in [0.1, 0.15) is 27.2 Å². The molecule has 0 bridgehead atoms. The van der Waals surface area contributed by atoms with Crippen LogP contribution in [-0.4, -0.2) is 37.0 Å². The summed E-state index contributed by atoms with van der Waals surface area (Å²) < 4.78 is 0. The molecule has 0 radical (unpaired) electrons. The second kappa shape index (κ2) is 5.14. The zero-order valence-electron chi connectivity index (χ0n) is 8.72. The Hall–Kier alpha value is -0.570. The van der Waals surface area contributed by atoms with E-state index in [0.29, 0.717) is 12.5 Å². The molecule has 0 aromatic rings. The summed E-state index contributed by atoms with van der Waals surface area (Å²) in [5.74, 6) is 0.177. The SMILES string of the molecule is CC(C)N[C@H](C)CC(=O)N(C)C. The summed E-state index contributed by atoms with van der Waals surface area (Å²) in [5, 5.41) is 3.28. The van der Waals surface area contributed by atoms with Gasteiger partial charge in [-0.2, -0.15) is 0 Å². The van der Waals surface area contributed by atoms with E-state index in [1.165, 1.54) is 0 Å². The van der Waals surface area contributed by atoms with Crippen molar-refractivity contribution in [3.63, 3.8) is 0 Å². The molecule has 1 N–H and O–H groups in total. The van der Waals surface area contributed by atoms with Crippen LogP contribution in [0, 0.1) is 0 Å². The van der Waals surface area contributed by atoms with Crippen molar-refractivity contribution < 1.29 is 4.79 Å². The molecule has 1 amide bonds. The Morgan fingerprint density at radius 1 is 1.33 bits per heavy atom. The number of nitrogens with zero attached hydrogens (tertiary/aromatic N) is 1. The first-order valence-corrected chi connectivity index (χ1v) is 4.39. The molecule has 0 saturated carbocycles. The average molecular weight is 172 g/mol. The van der Waals surface area contributed by atoms with E-state index in [2.05, 4.69) is 19.2 Å². The fourth-order valence-corrected chi connectivity index (χ4v) is 1.07. The lowest BCUT2D eigenvalue weighted by Gasteiger charge is -2.18. The van der Waals surface area contributed by atoms with Crippen LogP contribution >= 0.6 is 0 Å². The van der Waals surface area contributed by atoms with E-state index in [-0.39, 0.29) is 11.9 Å². The molecule has 0 aliphatic carbocycles. The van der Waals surface area contributed by atoms with Crippen LogP contribution in [0.25, 0.3) is 0 Å². The molecular formula is C9H20N2O. The second-order valence-corrected chi connectivity index (χ2v) is 3.71. The molecule has 0 aromatic heterocycles. The van der Waals surface area contributed by atoms with Crippen LogP contribution in [0.15, 0.2) is 0 Å². The number of rotatable bonds is 4. The predicted molar refractivity (Wildman–Crippen MR) is 51.0 cm³/mol. The molecular weight excluding hydrogens is 152 g/mol. The van der Waals surface area contributed by atoms with Gasteiger partial charge in [0.1, 0.15) is 0 Å². The number of hydrogen-bond donors (Lipinski definition) is 1. The number of carbonyl (C=O) groups excluding carboxylic acids is 1. The van der Waals surface area contributed by atoms with Crippen LogP contribution in [0.5, 0.6) is 0 Å². The van der Waals surface area contributed by atoms with Gasteiger partial charge >= 0.3 is 0 Å². The maximum absolute atomic E-state index is 11.2. The van der Waals surface area contributed by atoms with Crippen LogP contribution in [-0.2, 0) is 4.79 Å². The van der Waals surface area contributed by atoms with Gasteiger partial charge in [0.15, 0.2) is 0 Å². The van der Waals surface area contributed by atoms with Crippen molar-refractivity contribution in [2.45, 2.75) is 39.3 Å². The highest BCUT2D eigenvalue weighted by atomic mass is 16.2. The van der Waals surface area contributed by atoms with Crippen molar-refractivity contribution in [1.82, 2.24) is 10.2 Å². The Bertz CT molecular complexity index is 143. The monoisotopic (exact) mass is 172 g/mol. The fraction of sp³-hybridized carbons (Fsp3) is 0.889. The third-order valence-electron chi connectivity index (χ3n) is 1.60. The smallest absolute Gasteiger partial charge is 0.223 e. The zero-order valence-corrected chi connectivity index (χ0v) is 8.72. The molecule has 12 heavy (non-hydrogen) atoms. The van der Waals surface area contributed by atoms with Crippen molar-refractivity contribution in [3.8, 4) is 0 Å². The molecule has 72 valence electrons.